The Labute approximate surface area is 209 Å². The van der Waals surface area contributed by atoms with Crippen LogP contribution in [0.25, 0.3) is 21.7 Å². The number of carbonyl (C=O) groups is 1. The average molecular weight is 500 g/mol. The fourth-order valence-electron chi connectivity index (χ4n) is 3.75. The van der Waals surface area contributed by atoms with Gasteiger partial charge in [-0.1, -0.05) is 41.9 Å². The number of fused-ring (bicyclic) bond motifs is 2. The summed E-state index contributed by atoms with van der Waals surface area (Å²) in [5.41, 5.74) is 4.50. The minimum Gasteiger partial charge on any atom is -0.488 e. The molecule has 0 fully saturated rings. The van der Waals surface area contributed by atoms with Gasteiger partial charge in [-0.05, 0) is 58.8 Å². The Morgan fingerprint density at radius 3 is 2.64 bits per heavy atom. The molecule has 5 aromatic rings. The molecule has 8 nitrogen and oxygen atoms in total. The third kappa shape index (κ3) is 4.89. The molecule has 9 heteroatoms. The van der Waals surface area contributed by atoms with Crippen LogP contribution >= 0.6 is 11.6 Å². The molecule has 4 aromatic carbocycles. The third-order valence-corrected chi connectivity index (χ3v) is 5.77. The van der Waals surface area contributed by atoms with Crippen molar-refractivity contribution in [3.8, 4) is 5.75 Å². The van der Waals surface area contributed by atoms with Crippen molar-refractivity contribution < 1.29 is 18.9 Å². The van der Waals surface area contributed by atoms with Crippen molar-refractivity contribution >= 4 is 51.2 Å². The van der Waals surface area contributed by atoms with E-state index >= 15 is 0 Å². The monoisotopic (exact) mass is 499 g/mol. The predicted molar refractivity (Wildman–Crippen MR) is 138 cm³/mol. The third-order valence-electron chi connectivity index (χ3n) is 5.53. The molecule has 0 atom stereocenters. The first-order valence-electron chi connectivity index (χ1n) is 10.9. The number of ether oxygens (including phenoxy) is 1. The Morgan fingerprint density at radius 2 is 1.83 bits per heavy atom. The van der Waals surface area contributed by atoms with Crippen LogP contribution in [0.3, 0.4) is 0 Å². The van der Waals surface area contributed by atoms with Crippen LogP contribution in [-0.2, 0) is 6.61 Å². The second-order valence-corrected chi connectivity index (χ2v) is 8.34. The second-order valence-electron chi connectivity index (χ2n) is 7.90. The lowest BCUT2D eigenvalue weighted by molar-refractivity contribution is -0.384. The smallest absolute Gasteiger partial charge is 0.307 e. The molecular weight excluding hydrogens is 482 g/mol. The minimum absolute atomic E-state index is 0.0144. The highest BCUT2D eigenvalue weighted by atomic mass is 35.5. The van der Waals surface area contributed by atoms with Gasteiger partial charge in [-0.15, -0.1) is 0 Å². The molecule has 0 aliphatic heterocycles. The molecule has 1 amide bonds. The van der Waals surface area contributed by atoms with E-state index in [1.54, 1.807) is 36.4 Å². The van der Waals surface area contributed by atoms with E-state index in [1.807, 2.05) is 36.4 Å². The van der Waals surface area contributed by atoms with Crippen molar-refractivity contribution in [3.05, 3.63) is 117 Å². The van der Waals surface area contributed by atoms with Gasteiger partial charge in [0.2, 0.25) is 0 Å². The van der Waals surface area contributed by atoms with E-state index in [0.717, 1.165) is 16.3 Å². The van der Waals surface area contributed by atoms with Crippen LogP contribution in [0, 0.1) is 10.1 Å². The number of hydrazone groups is 1. The summed E-state index contributed by atoms with van der Waals surface area (Å²) in [6.07, 6.45) is 1.52. The Balaban J connectivity index is 1.37. The summed E-state index contributed by atoms with van der Waals surface area (Å²) in [4.78, 5) is 23.0. The highest BCUT2D eigenvalue weighted by Crippen LogP contribution is 2.28. The summed E-state index contributed by atoms with van der Waals surface area (Å²) < 4.78 is 11.6. The van der Waals surface area contributed by atoms with Crippen molar-refractivity contribution in [2.45, 2.75) is 6.61 Å². The van der Waals surface area contributed by atoms with Crippen molar-refractivity contribution in [3.63, 3.8) is 0 Å². The Bertz CT molecular complexity index is 1630. The molecule has 0 unspecified atom stereocenters. The van der Waals surface area contributed by atoms with E-state index in [-0.39, 0.29) is 18.1 Å². The Hall–Kier alpha value is -4.69. The van der Waals surface area contributed by atoms with E-state index in [4.69, 9.17) is 20.8 Å². The average Bonchev–Trinajstić information content (AvgIpc) is 3.31. The highest BCUT2D eigenvalue weighted by molar-refractivity contribution is 6.31. The van der Waals surface area contributed by atoms with E-state index in [9.17, 15) is 14.9 Å². The molecule has 1 heterocycles. The highest BCUT2D eigenvalue weighted by Gasteiger charge is 2.13. The van der Waals surface area contributed by atoms with Crippen LogP contribution in [0.5, 0.6) is 5.75 Å². The van der Waals surface area contributed by atoms with Gasteiger partial charge in [0, 0.05) is 28.1 Å². The number of furan rings is 1. The molecule has 1 N–H and O–H groups in total. The van der Waals surface area contributed by atoms with Crippen LogP contribution in [0.1, 0.15) is 21.7 Å². The molecule has 0 aliphatic carbocycles. The summed E-state index contributed by atoms with van der Waals surface area (Å²) >= 11 is 6.00. The second kappa shape index (κ2) is 9.89. The van der Waals surface area contributed by atoms with Gasteiger partial charge in [-0.3, -0.25) is 14.9 Å². The number of hydrogen-bond donors (Lipinski definition) is 1. The van der Waals surface area contributed by atoms with Crippen LogP contribution in [-0.4, -0.2) is 17.0 Å². The number of nitrogens with zero attached hydrogens (tertiary/aromatic N) is 2. The molecule has 0 bridgehead atoms. The summed E-state index contributed by atoms with van der Waals surface area (Å²) in [6, 6.07) is 24.3. The van der Waals surface area contributed by atoms with Gasteiger partial charge < -0.3 is 9.15 Å². The number of benzene rings is 4. The number of halogens is 1. The maximum absolute atomic E-state index is 12.6. The lowest BCUT2D eigenvalue weighted by Gasteiger charge is -2.12. The van der Waals surface area contributed by atoms with Gasteiger partial charge in [0.1, 0.15) is 17.9 Å². The number of carbonyl (C=O) groups excluding carboxylic acids is 1. The molecule has 0 spiro atoms. The molecule has 1 aromatic heterocycles. The molecular formula is C27H18ClN3O5. The zero-order valence-electron chi connectivity index (χ0n) is 18.7. The first kappa shape index (κ1) is 23.1. The van der Waals surface area contributed by atoms with Gasteiger partial charge in [-0.25, -0.2) is 5.43 Å². The van der Waals surface area contributed by atoms with Crippen LogP contribution in [0.15, 0.2) is 94.4 Å². The SMILES string of the molecule is O=C(N/N=C/c1c(OCc2ccc([N+](=O)[O-])cc2)ccc2ccccc12)c1cc2cc(Cl)ccc2o1. The largest absolute Gasteiger partial charge is 0.488 e. The van der Waals surface area contributed by atoms with Crippen LogP contribution < -0.4 is 10.2 Å². The lowest BCUT2D eigenvalue weighted by Crippen LogP contribution is -2.16. The number of hydrogen-bond acceptors (Lipinski definition) is 6. The van der Waals surface area contributed by atoms with Gasteiger partial charge in [0.25, 0.3) is 5.69 Å². The normalized spacial score (nSPS) is 11.2. The summed E-state index contributed by atoms with van der Waals surface area (Å²) in [5, 5.41) is 18.1. The predicted octanol–water partition coefficient (Wildman–Crippen LogP) is 6.49. The first-order chi connectivity index (χ1) is 17.5. The van der Waals surface area contributed by atoms with E-state index in [0.29, 0.717) is 27.3 Å². The van der Waals surface area contributed by atoms with Gasteiger partial charge in [0.15, 0.2) is 5.76 Å². The standard InChI is InChI=1S/C27H18ClN3O5/c28-20-8-12-24-19(13-20)14-26(36-24)27(32)30-29-15-23-22-4-2-1-3-18(22)7-11-25(23)35-16-17-5-9-21(10-6-17)31(33)34/h1-15H,16H2,(H,30,32)/b29-15+. The van der Waals surface area contributed by atoms with Crippen molar-refractivity contribution in [2.24, 2.45) is 5.10 Å². The number of non-ortho nitro benzene ring substituents is 1. The molecule has 0 saturated heterocycles. The molecule has 36 heavy (non-hydrogen) atoms. The Morgan fingerprint density at radius 1 is 1.03 bits per heavy atom. The fourth-order valence-corrected chi connectivity index (χ4v) is 3.93. The van der Waals surface area contributed by atoms with Crippen molar-refractivity contribution in [1.29, 1.82) is 0 Å². The summed E-state index contributed by atoms with van der Waals surface area (Å²) in [6.45, 7) is 0.199. The quantitative estimate of drug-likeness (QED) is 0.156. The van der Waals surface area contributed by atoms with E-state index in [2.05, 4.69) is 10.5 Å². The van der Waals surface area contributed by atoms with Crippen molar-refractivity contribution in [1.82, 2.24) is 5.43 Å². The molecule has 178 valence electrons. The number of nitrogens with one attached hydrogen (secondary N) is 1. The zero-order chi connectivity index (χ0) is 25.1. The van der Waals surface area contributed by atoms with E-state index < -0.39 is 10.8 Å². The lowest BCUT2D eigenvalue weighted by atomic mass is 10.0. The minimum atomic E-state index is -0.507. The maximum atomic E-state index is 12.6. The van der Waals surface area contributed by atoms with Crippen LogP contribution in [0.4, 0.5) is 5.69 Å². The van der Waals surface area contributed by atoms with Gasteiger partial charge >= 0.3 is 5.91 Å². The fraction of sp³-hybridized carbons (Fsp3) is 0.0370. The number of nitro groups is 1. The maximum Gasteiger partial charge on any atom is 0.307 e. The first-order valence-corrected chi connectivity index (χ1v) is 11.3. The summed E-state index contributed by atoms with van der Waals surface area (Å²) in [7, 11) is 0. The number of amides is 1. The number of rotatable bonds is 7. The molecule has 5 rings (SSSR count). The van der Waals surface area contributed by atoms with E-state index in [1.165, 1.54) is 18.3 Å². The van der Waals surface area contributed by atoms with Gasteiger partial charge in [0.05, 0.1) is 11.1 Å². The molecule has 0 radical (unpaired) electrons. The summed E-state index contributed by atoms with van der Waals surface area (Å²) in [5.74, 6) is 0.146. The van der Waals surface area contributed by atoms with Crippen molar-refractivity contribution in [2.75, 3.05) is 0 Å². The van der Waals surface area contributed by atoms with Crippen LogP contribution in [0.2, 0.25) is 5.02 Å². The number of nitro benzene ring substituents is 1. The zero-order valence-corrected chi connectivity index (χ0v) is 19.4. The molecule has 0 saturated carbocycles. The Kier molecular flexibility index (Phi) is 6.34. The molecule has 0 aliphatic rings. The van der Waals surface area contributed by atoms with Gasteiger partial charge in [-0.2, -0.15) is 5.10 Å². The topological polar surface area (TPSA) is 107 Å².